The Morgan fingerprint density at radius 3 is 2.65 bits per heavy atom. The van der Waals surface area contributed by atoms with Crippen LogP contribution < -0.4 is 14.5 Å². The highest BCUT2D eigenvalue weighted by atomic mass is 16.5. The first-order valence-corrected chi connectivity index (χ1v) is 8.67. The Hall–Kier alpha value is -2.97. The van der Waals surface area contributed by atoms with E-state index in [-0.39, 0.29) is 0 Å². The SMILES string of the molecule is COc1ccnc(N2CCC(c3nnc4ccc(N(C)C)nn34)CC2)n1. The third kappa shape index (κ3) is 3.00. The Balaban J connectivity index is 1.52. The van der Waals surface area contributed by atoms with Crippen LogP contribution in [0.25, 0.3) is 5.65 Å². The van der Waals surface area contributed by atoms with E-state index >= 15 is 0 Å². The lowest BCUT2D eigenvalue weighted by atomic mass is 9.96. The van der Waals surface area contributed by atoms with Gasteiger partial charge in [-0.05, 0) is 25.0 Å². The molecule has 0 atom stereocenters. The zero-order chi connectivity index (χ0) is 18.1. The predicted molar refractivity (Wildman–Crippen MR) is 97.9 cm³/mol. The molecule has 0 unspecified atom stereocenters. The number of aromatic nitrogens is 6. The standard InChI is InChI=1S/C17H22N8O/c1-23(2)14-5-4-13-20-21-16(25(13)22-14)12-7-10-24(11-8-12)17-18-9-6-15(19-17)26-3/h4-6,9,12H,7-8,10-11H2,1-3H3. The number of methoxy groups -OCH3 is 1. The minimum Gasteiger partial charge on any atom is -0.481 e. The summed E-state index contributed by atoms with van der Waals surface area (Å²) in [4.78, 5) is 12.9. The van der Waals surface area contributed by atoms with Crippen molar-refractivity contribution >= 4 is 17.4 Å². The van der Waals surface area contributed by atoms with Crippen molar-refractivity contribution < 1.29 is 4.74 Å². The first-order chi connectivity index (χ1) is 12.7. The molecule has 0 N–H and O–H groups in total. The molecule has 1 fully saturated rings. The van der Waals surface area contributed by atoms with Crippen molar-refractivity contribution in [3.63, 3.8) is 0 Å². The number of piperidine rings is 1. The Morgan fingerprint density at radius 1 is 1.12 bits per heavy atom. The van der Waals surface area contributed by atoms with Crippen LogP contribution in [-0.4, -0.2) is 64.1 Å². The maximum atomic E-state index is 5.19. The maximum Gasteiger partial charge on any atom is 0.228 e. The second-order valence-electron chi connectivity index (χ2n) is 6.57. The number of hydrogen-bond acceptors (Lipinski definition) is 8. The molecular weight excluding hydrogens is 332 g/mol. The fraction of sp³-hybridized carbons (Fsp3) is 0.471. The van der Waals surface area contributed by atoms with Gasteiger partial charge in [-0.2, -0.15) is 9.50 Å². The van der Waals surface area contributed by atoms with E-state index < -0.39 is 0 Å². The van der Waals surface area contributed by atoms with Crippen molar-refractivity contribution in [1.82, 2.24) is 29.8 Å². The summed E-state index contributed by atoms with van der Waals surface area (Å²) in [7, 11) is 5.57. The molecule has 0 aliphatic carbocycles. The zero-order valence-electron chi connectivity index (χ0n) is 15.2. The van der Waals surface area contributed by atoms with Gasteiger partial charge < -0.3 is 14.5 Å². The first-order valence-electron chi connectivity index (χ1n) is 8.67. The normalized spacial score (nSPS) is 15.4. The van der Waals surface area contributed by atoms with E-state index in [9.17, 15) is 0 Å². The molecule has 4 heterocycles. The highest BCUT2D eigenvalue weighted by Crippen LogP contribution is 2.29. The summed E-state index contributed by atoms with van der Waals surface area (Å²) in [5.41, 5.74) is 0.782. The Bertz CT molecular complexity index is 901. The van der Waals surface area contributed by atoms with E-state index in [4.69, 9.17) is 4.74 Å². The molecule has 0 aromatic carbocycles. The van der Waals surface area contributed by atoms with Crippen LogP contribution in [0.3, 0.4) is 0 Å². The third-order valence-corrected chi connectivity index (χ3v) is 4.70. The number of rotatable bonds is 4. The average molecular weight is 354 g/mol. The second-order valence-corrected chi connectivity index (χ2v) is 6.57. The van der Waals surface area contributed by atoms with Gasteiger partial charge in [0.2, 0.25) is 11.8 Å². The third-order valence-electron chi connectivity index (χ3n) is 4.70. The molecule has 9 heteroatoms. The first kappa shape index (κ1) is 16.5. The molecule has 9 nitrogen and oxygen atoms in total. The summed E-state index contributed by atoms with van der Waals surface area (Å²) in [5.74, 6) is 3.43. The van der Waals surface area contributed by atoms with Crippen molar-refractivity contribution in [1.29, 1.82) is 0 Å². The van der Waals surface area contributed by atoms with Crippen molar-refractivity contribution in [3.8, 4) is 5.88 Å². The van der Waals surface area contributed by atoms with Gasteiger partial charge in [0, 0.05) is 45.4 Å². The van der Waals surface area contributed by atoms with Gasteiger partial charge in [-0.3, -0.25) is 0 Å². The van der Waals surface area contributed by atoms with Gasteiger partial charge in [0.15, 0.2) is 11.5 Å². The fourth-order valence-electron chi connectivity index (χ4n) is 3.23. The average Bonchev–Trinajstić information content (AvgIpc) is 3.11. The van der Waals surface area contributed by atoms with Gasteiger partial charge in [-0.1, -0.05) is 0 Å². The highest BCUT2D eigenvalue weighted by Gasteiger charge is 2.26. The van der Waals surface area contributed by atoms with Crippen LogP contribution in [0.2, 0.25) is 0 Å². The molecule has 0 bridgehead atoms. The smallest absolute Gasteiger partial charge is 0.228 e. The monoisotopic (exact) mass is 354 g/mol. The molecular formula is C17H22N8O. The molecule has 1 saturated heterocycles. The van der Waals surface area contributed by atoms with Crippen molar-refractivity contribution in [2.24, 2.45) is 0 Å². The van der Waals surface area contributed by atoms with Crippen LogP contribution in [0, 0.1) is 0 Å². The predicted octanol–water partition coefficient (Wildman–Crippen LogP) is 1.37. The van der Waals surface area contributed by atoms with E-state index in [1.165, 1.54) is 0 Å². The number of anilines is 2. The molecule has 3 aromatic heterocycles. The van der Waals surface area contributed by atoms with Crippen LogP contribution in [0.15, 0.2) is 24.4 Å². The number of ether oxygens (including phenoxy) is 1. The number of fused-ring (bicyclic) bond motifs is 1. The zero-order valence-corrected chi connectivity index (χ0v) is 15.2. The largest absolute Gasteiger partial charge is 0.481 e. The maximum absolute atomic E-state index is 5.19. The minimum absolute atomic E-state index is 0.316. The molecule has 26 heavy (non-hydrogen) atoms. The summed E-state index contributed by atoms with van der Waals surface area (Å²) < 4.78 is 7.07. The van der Waals surface area contributed by atoms with Gasteiger partial charge in [0.05, 0.1) is 7.11 Å². The van der Waals surface area contributed by atoms with Crippen LogP contribution in [-0.2, 0) is 0 Å². The topological polar surface area (TPSA) is 84.6 Å². The molecule has 1 aliphatic heterocycles. The number of nitrogens with zero attached hydrogens (tertiary/aromatic N) is 8. The summed E-state index contributed by atoms with van der Waals surface area (Å²) >= 11 is 0. The number of hydrogen-bond donors (Lipinski definition) is 0. The lowest BCUT2D eigenvalue weighted by molar-refractivity contribution is 0.395. The molecule has 4 rings (SSSR count). The Labute approximate surface area is 151 Å². The second kappa shape index (κ2) is 6.74. The summed E-state index contributed by atoms with van der Waals surface area (Å²) in [6, 6.07) is 5.67. The Kier molecular flexibility index (Phi) is 4.27. The van der Waals surface area contributed by atoms with Crippen molar-refractivity contribution in [2.75, 3.05) is 44.1 Å². The van der Waals surface area contributed by atoms with Crippen LogP contribution in [0.1, 0.15) is 24.6 Å². The summed E-state index contributed by atoms with van der Waals surface area (Å²) in [6.45, 7) is 1.72. The Morgan fingerprint density at radius 2 is 1.92 bits per heavy atom. The molecule has 0 radical (unpaired) electrons. The van der Waals surface area contributed by atoms with Gasteiger partial charge in [-0.25, -0.2) is 4.98 Å². The summed E-state index contributed by atoms with van der Waals surface area (Å²) in [5, 5.41) is 13.4. The van der Waals surface area contributed by atoms with Crippen molar-refractivity contribution in [3.05, 3.63) is 30.2 Å². The lowest BCUT2D eigenvalue weighted by Gasteiger charge is -2.31. The quantitative estimate of drug-likeness (QED) is 0.695. The van der Waals surface area contributed by atoms with E-state index in [0.717, 1.165) is 43.2 Å². The van der Waals surface area contributed by atoms with E-state index in [2.05, 4.69) is 30.2 Å². The van der Waals surface area contributed by atoms with Crippen LogP contribution in [0.5, 0.6) is 5.88 Å². The van der Waals surface area contributed by atoms with Crippen LogP contribution >= 0.6 is 0 Å². The molecule has 0 spiro atoms. The van der Waals surface area contributed by atoms with E-state index in [0.29, 0.717) is 17.7 Å². The van der Waals surface area contributed by atoms with Crippen molar-refractivity contribution in [2.45, 2.75) is 18.8 Å². The fourth-order valence-corrected chi connectivity index (χ4v) is 3.23. The van der Waals surface area contributed by atoms with Crippen LogP contribution in [0.4, 0.5) is 11.8 Å². The van der Waals surface area contributed by atoms with Gasteiger partial charge in [-0.15, -0.1) is 15.3 Å². The molecule has 0 amide bonds. The van der Waals surface area contributed by atoms with E-state index in [1.807, 2.05) is 35.6 Å². The van der Waals surface area contributed by atoms with E-state index in [1.54, 1.807) is 19.4 Å². The van der Waals surface area contributed by atoms with Gasteiger partial charge in [0.25, 0.3) is 0 Å². The van der Waals surface area contributed by atoms with Gasteiger partial charge >= 0.3 is 0 Å². The minimum atomic E-state index is 0.316. The molecule has 136 valence electrons. The lowest BCUT2D eigenvalue weighted by Crippen LogP contribution is -2.34. The molecule has 3 aromatic rings. The molecule has 0 saturated carbocycles. The summed E-state index contributed by atoms with van der Waals surface area (Å²) in [6.07, 6.45) is 3.64. The highest BCUT2D eigenvalue weighted by molar-refractivity contribution is 5.45. The molecule has 1 aliphatic rings. The van der Waals surface area contributed by atoms with Gasteiger partial charge in [0.1, 0.15) is 5.82 Å².